The second kappa shape index (κ2) is 4.19. The monoisotopic (exact) mass is 307 g/mol. The average Bonchev–Trinajstić information content (AvgIpc) is 2.72. The zero-order chi connectivity index (χ0) is 14.5. The highest BCUT2D eigenvalue weighted by atomic mass is 32.2. The van der Waals surface area contributed by atoms with Crippen molar-refractivity contribution < 1.29 is 31.8 Å². The van der Waals surface area contributed by atoms with Gasteiger partial charge >= 0.3 is 6.29 Å². The molecule has 9 heteroatoms. The fourth-order valence-electron chi connectivity index (χ4n) is 2.22. The van der Waals surface area contributed by atoms with Gasteiger partial charge in [0.1, 0.15) is 0 Å². The Morgan fingerprint density at radius 1 is 1.25 bits per heavy atom. The maximum atomic E-state index is 12.9. The van der Waals surface area contributed by atoms with Gasteiger partial charge in [-0.3, -0.25) is 0 Å². The summed E-state index contributed by atoms with van der Waals surface area (Å²) in [5, 5.41) is 12.4. The molecule has 0 aromatic heterocycles. The van der Waals surface area contributed by atoms with Crippen LogP contribution in [0.4, 0.5) is 14.5 Å². The molecule has 2 unspecified atom stereocenters. The first-order valence-corrected chi connectivity index (χ1v) is 7.61. The summed E-state index contributed by atoms with van der Waals surface area (Å²) in [5.74, 6) is -0.762. The van der Waals surface area contributed by atoms with Gasteiger partial charge in [0.05, 0.1) is 23.7 Å². The standard InChI is InChI=1S/C11H11F2NO5S/c12-11(13)18-9-2-1-6(3-10(9)19-11)14-7-4-20(16,17)5-8(7)15/h1-3,7-8,14-15H,4-5H2. The van der Waals surface area contributed by atoms with Gasteiger partial charge in [0.15, 0.2) is 21.3 Å². The van der Waals surface area contributed by atoms with Gasteiger partial charge in [-0.15, -0.1) is 8.78 Å². The minimum Gasteiger partial charge on any atom is -0.395 e. The number of ether oxygens (including phenoxy) is 2. The molecule has 6 nitrogen and oxygen atoms in total. The van der Waals surface area contributed by atoms with E-state index in [1.807, 2.05) is 0 Å². The number of hydrogen-bond donors (Lipinski definition) is 2. The first-order valence-electron chi connectivity index (χ1n) is 5.79. The number of nitrogens with one attached hydrogen (secondary N) is 1. The lowest BCUT2D eigenvalue weighted by Gasteiger charge is -2.16. The average molecular weight is 307 g/mol. The normalized spacial score (nSPS) is 29.4. The van der Waals surface area contributed by atoms with Crippen LogP contribution in [-0.4, -0.2) is 43.5 Å². The second-order valence-electron chi connectivity index (χ2n) is 4.72. The van der Waals surface area contributed by atoms with Gasteiger partial charge in [0, 0.05) is 11.8 Å². The lowest BCUT2D eigenvalue weighted by atomic mass is 10.2. The maximum absolute atomic E-state index is 12.9. The van der Waals surface area contributed by atoms with Crippen molar-refractivity contribution in [3.05, 3.63) is 18.2 Å². The number of halogens is 2. The van der Waals surface area contributed by atoms with Crippen LogP contribution in [0.1, 0.15) is 0 Å². The molecule has 2 N–H and O–H groups in total. The van der Waals surface area contributed by atoms with Crippen molar-refractivity contribution in [3.63, 3.8) is 0 Å². The molecule has 0 radical (unpaired) electrons. The summed E-state index contributed by atoms with van der Waals surface area (Å²) in [6.45, 7) is 0. The largest absolute Gasteiger partial charge is 0.586 e. The highest BCUT2D eigenvalue weighted by molar-refractivity contribution is 7.91. The van der Waals surface area contributed by atoms with Crippen molar-refractivity contribution in [2.75, 3.05) is 16.8 Å². The van der Waals surface area contributed by atoms with E-state index >= 15 is 0 Å². The molecule has 0 aliphatic carbocycles. The first-order chi connectivity index (χ1) is 9.24. The molecule has 1 fully saturated rings. The summed E-state index contributed by atoms with van der Waals surface area (Å²) in [5.41, 5.74) is 0.367. The number of sulfone groups is 1. The summed E-state index contributed by atoms with van der Waals surface area (Å²) in [6.07, 6.45) is -4.73. The number of rotatable bonds is 2. The van der Waals surface area contributed by atoms with Gasteiger partial charge in [0.25, 0.3) is 0 Å². The van der Waals surface area contributed by atoms with E-state index in [0.29, 0.717) is 5.69 Å². The van der Waals surface area contributed by atoms with E-state index < -0.39 is 28.3 Å². The van der Waals surface area contributed by atoms with Crippen molar-refractivity contribution in [3.8, 4) is 11.5 Å². The quantitative estimate of drug-likeness (QED) is 0.831. The van der Waals surface area contributed by atoms with Gasteiger partial charge in [-0.05, 0) is 12.1 Å². The number of benzene rings is 1. The Morgan fingerprint density at radius 2 is 1.95 bits per heavy atom. The Labute approximate surface area is 113 Å². The predicted molar refractivity (Wildman–Crippen MR) is 64.7 cm³/mol. The van der Waals surface area contributed by atoms with Gasteiger partial charge in [-0.25, -0.2) is 8.42 Å². The van der Waals surface area contributed by atoms with Gasteiger partial charge in [0.2, 0.25) is 0 Å². The lowest BCUT2D eigenvalue weighted by Crippen LogP contribution is -2.31. The number of aliphatic hydroxyl groups excluding tert-OH is 1. The predicted octanol–water partition coefficient (Wildman–Crippen LogP) is 0.578. The molecule has 20 heavy (non-hydrogen) atoms. The Hall–Kier alpha value is -1.61. The van der Waals surface area contributed by atoms with Crippen LogP contribution >= 0.6 is 0 Å². The van der Waals surface area contributed by atoms with Gasteiger partial charge < -0.3 is 19.9 Å². The minimum atomic E-state index is -3.70. The fourth-order valence-corrected chi connectivity index (χ4v) is 3.96. The van der Waals surface area contributed by atoms with Crippen molar-refractivity contribution in [2.45, 2.75) is 18.4 Å². The molecule has 1 aromatic carbocycles. The van der Waals surface area contributed by atoms with Crippen LogP contribution in [0.3, 0.4) is 0 Å². The molecular formula is C11H11F2NO5S. The number of anilines is 1. The van der Waals surface area contributed by atoms with E-state index in [1.165, 1.54) is 18.2 Å². The van der Waals surface area contributed by atoms with Crippen LogP contribution in [0.2, 0.25) is 0 Å². The molecule has 0 amide bonds. The summed E-state index contributed by atoms with van der Waals surface area (Å²) >= 11 is 0. The fraction of sp³-hybridized carbons (Fsp3) is 0.455. The minimum absolute atomic E-state index is 0.0971. The van der Waals surface area contributed by atoms with E-state index in [0.717, 1.165) is 0 Å². The third-order valence-corrected chi connectivity index (χ3v) is 4.79. The number of alkyl halides is 2. The molecule has 110 valence electrons. The lowest BCUT2D eigenvalue weighted by molar-refractivity contribution is -0.286. The number of aliphatic hydroxyl groups is 1. The Balaban J connectivity index is 1.77. The molecule has 1 aromatic rings. The van der Waals surface area contributed by atoms with E-state index in [-0.39, 0.29) is 23.0 Å². The highest BCUT2D eigenvalue weighted by Crippen LogP contribution is 2.42. The zero-order valence-electron chi connectivity index (χ0n) is 10.0. The summed E-state index contributed by atoms with van der Waals surface area (Å²) in [7, 11) is -3.28. The molecule has 3 rings (SSSR count). The summed E-state index contributed by atoms with van der Waals surface area (Å²) < 4.78 is 57.0. The van der Waals surface area contributed by atoms with Gasteiger partial charge in [-0.2, -0.15) is 0 Å². The smallest absolute Gasteiger partial charge is 0.395 e. The van der Waals surface area contributed by atoms with Crippen LogP contribution in [0.25, 0.3) is 0 Å². The SMILES string of the molecule is O=S1(=O)CC(O)C(Nc2ccc3c(c2)OC(F)(F)O3)C1. The molecule has 0 bridgehead atoms. The summed E-state index contributed by atoms with van der Waals surface area (Å²) in [4.78, 5) is 0. The van der Waals surface area contributed by atoms with Crippen molar-refractivity contribution in [1.82, 2.24) is 0 Å². The zero-order valence-corrected chi connectivity index (χ0v) is 10.9. The Bertz CT molecular complexity index is 648. The van der Waals surface area contributed by atoms with Gasteiger partial charge in [-0.1, -0.05) is 0 Å². The van der Waals surface area contributed by atoms with E-state index in [2.05, 4.69) is 14.8 Å². The van der Waals surface area contributed by atoms with E-state index in [1.54, 1.807) is 0 Å². The van der Waals surface area contributed by atoms with Crippen molar-refractivity contribution in [2.24, 2.45) is 0 Å². The number of fused-ring (bicyclic) bond motifs is 1. The van der Waals surface area contributed by atoms with E-state index in [9.17, 15) is 22.3 Å². The number of hydrogen-bond acceptors (Lipinski definition) is 6. The third kappa shape index (κ3) is 2.50. The molecule has 1 saturated heterocycles. The third-order valence-electron chi connectivity index (χ3n) is 3.08. The van der Waals surface area contributed by atoms with Crippen LogP contribution in [0, 0.1) is 0 Å². The molecule has 2 aliphatic heterocycles. The van der Waals surface area contributed by atoms with E-state index in [4.69, 9.17) is 0 Å². The summed E-state index contributed by atoms with van der Waals surface area (Å²) in [6, 6.07) is 3.32. The molecule has 2 heterocycles. The highest BCUT2D eigenvalue weighted by Gasteiger charge is 2.43. The van der Waals surface area contributed by atoms with Crippen molar-refractivity contribution >= 4 is 15.5 Å². The molecule has 0 spiro atoms. The Kier molecular flexibility index (Phi) is 2.80. The molecule has 2 aliphatic rings. The van der Waals surface area contributed by atoms with Crippen molar-refractivity contribution in [1.29, 1.82) is 0 Å². The molecule has 2 atom stereocenters. The van der Waals surface area contributed by atoms with Crippen LogP contribution in [-0.2, 0) is 9.84 Å². The molecular weight excluding hydrogens is 296 g/mol. The topological polar surface area (TPSA) is 84.9 Å². The van der Waals surface area contributed by atoms with Crippen LogP contribution in [0.5, 0.6) is 11.5 Å². The molecule has 0 saturated carbocycles. The van der Waals surface area contributed by atoms with Crippen LogP contribution in [0.15, 0.2) is 18.2 Å². The second-order valence-corrected chi connectivity index (χ2v) is 6.88. The Morgan fingerprint density at radius 3 is 2.60 bits per heavy atom. The van der Waals surface area contributed by atoms with Crippen LogP contribution < -0.4 is 14.8 Å². The maximum Gasteiger partial charge on any atom is 0.586 e. The first kappa shape index (κ1) is 13.4.